The van der Waals surface area contributed by atoms with E-state index in [2.05, 4.69) is 37.6 Å². The molecule has 36 heavy (non-hydrogen) atoms. The lowest BCUT2D eigenvalue weighted by Gasteiger charge is -2.41. The van der Waals surface area contributed by atoms with E-state index in [4.69, 9.17) is 16.0 Å². The van der Waals surface area contributed by atoms with Gasteiger partial charge in [-0.15, -0.1) is 11.3 Å². The molecule has 0 radical (unpaired) electrons. The maximum atomic E-state index is 14.9. The number of anilines is 2. The third-order valence-corrected chi connectivity index (χ3v) is 16.0. The lowest BCUT2D eigenvalue weighted by atomic mass is 10.1. The topological polar surface area (TPSA) is 90.9 Å². The van der Waals surface area contributed by atoms with Crippen LogP contribution in [0.5, 0.6) is 0 Å². The molecule has 1 aromatic heterocycles. The van der Waals surface area contributed by atoms with E-state index in [1.807, 2.05) is 0 Å². The van der Waals surface area contributed by atoms with Crippen LogP contribution in [-0.2, 0) is 9.22 Å². The van der Waals surface area contributed by atoms with Crippen molar-refractivity contribution in [1.29, 1.82) is 0 Å². The summed E-state index contributed by atoms with van der Waals surface area (Å²) >= 11 is 6.99. The van der Waals surface area contributed by atoms with Gasteiger partial charge in [-0.3, -0.25) is 9.59 Å². The number of benzene rings is 1. The number of nitrogens with one attached hydrogen (secondary N) is 2. The third kappa shape index (κ3) is 7.17. The number of thiophene rings is 1. The Labute approximate surface area is 224 Å². The summed E-state index contributed by atoms with van der Waals surface area (Å²) in [6.07, 6.45) is 0.0487. The fourth-order valence-electron chi connectivity index (χ4n) is 3.59. The number of hydrogen-bond donors (Lipinski definition) is 3. The van der Waals surface area contributed by atoms with E-state index in [0.29, 0.717) is 27.9 Å². The fourth-order valence-corrected chi connectivity index (χ4v) is 6.19. The minimum atomic E-state index is -2.06. The van der Waals surface area contributed by atoms with E-state index in [1.165, 1.54) is 6.07 Å². The summed E-state index contributed by atoms with van der Waals surface area (Å²) in [7, 11) is -1.08. The molecule has 0 spiro atoms. The van der Waals surface area contributed by atoms with Crippen molar-refractivity contribution in [2.45, 2.75) is 56.7 Å². The molecule has 0 bridgehead atoms. The third-order valence-electron chi connectivity index (χ3n) is 6.72. The molecule has 1 aliphatic heterocycles. The molecule has 1 saturated heterocycles. The average molecular weight is 572 g/mol. The van der Waals surface area contributed by atoms with Gasteiger partial charge in [0.15, 0.2) is 8.32 Å². The first kappa shape index (κ1) is 28.8. The highest BCUT2D eigenvalue weighted by molar-refractivity contribution is 7.18. The van der Waals surface area contributed by atoms with E-state index in [9.17, 15) is 19.1 Å². The van der Waals surface area contributed by atoms with Crippen molar-refractivity contribution >= 4 is 64.7 Å². The number of nitrogens with zero attached hydrogens (tertiary/aromatic N) is 1. The molecule has 1 unspecified atom stereocenters. The highest BCUT2D eigenvalue weighted by Crippen LogP contribution is 2.36. The van der Waals surface area contributed by atoms with Gasteiger partial charge in [0.05, 0.1) is 21.0 Å². The first-order valence-electron chi connectivity index (χ1n) is 12.0. The zero-order valence-electron chi connectivity index (χ0n) is 21.4. The van der Waals surface area contributed by atoms with E-state index >= 15 is 0 Å². The number of aliphatic hydroxyl groups excluding tert-OH is 1. The van der Waals surface area contributed by atoms with Crippen LogP contribution in [0.25, 0.3) is 0 Å². The van der Waals surface area contributed by atoms with Crippen molar-refractivity contribution < 1.29 is 23.5 Å². The van der Waals surface area contributed by atoms with Gasteiger partial charge in [-0.1, -0.05) is 25.4 Å². The number of halogens is 2. The highest BCUT2D eigenvalue weighted by Gasteiger charge is 2.42. The quantitative estimate of drug-likeness (QED) is 0.379. The van der Waals surface area contributed by atoms with Gasteiger partial charge in [-0.25, -0.2) is 4.39 Å². The van der Waals surface area contributed by atoms with Gasteiger partial charge < -0.3 is 25.1 Å². The molecular weight excluding hydrogens is 537 g/mol. The van der Waals surface area contributed by atoms with E-state index in [-0.39, 0.29) is 35.3 Å². The maximum Gasteiger partial charge on any atom is 0.261 e. The Hall–Kier alpha value is -1.77. The van der Waals surface area contributed by atoms with Crippen LogP contribution in [0.4, 0.5) is 15.8 Å². The molecule has 2 heterocycles. The van der Waals surface area contributed by atoms with Crippen molar-refractivity contribution in [2.24, 2.45) is 0 Å². The minimum Gasteiger partial charge on any atom is -0.405 e. The maximum absolute atomic E-state index is 14.9. The highest BCUT2D eigenvalue weighted by atomic mass is 35.5. The van der Waals surface area contributed by atoms with Gasteiger partial charge in [0.2, 0.25) is 0 Å². The number of amides is 2. The van der Waals surface area contributed by atoms with Crippen molar-refractivity contribution in [2.75, 3.05) is 29.9 Å². The molecule has 12 heteroatoms. The second-order valence-corrected chi connectivity index (χ2v) is 20.5. The van der Waals surface area contributed by atoms with Gasteiger partial charge in [-0.05, 0) is 60.9 Å². The standard InChI is InChI=1S/C24H35ClFN3O4SSi2/c1-24(2,35)36(3,4)33-19-6-5-11-29(23(19)32)15-7-8-18(17(26)12-15)27-13-16(30)14-28-22(31)20-9-10-21(25)34-20/h7-10,12,16,19,27,30H,5-6,11,13-14H2,1-4,35H3,(H,28,31)/t16-,19?/m1/s1. The number of aliphatic hydroxyl groups is 1. The van der Waals surface area contributed by atoms with Crippen LogP contribution < -0.4 is 15.5 Å². The minimum absolute atomic E-state index is 0.00143. The molecule has 1 aliphatic rings. The second kappa shape index (κ2) is 11.7. The molecule has 1 aromatic carbocycles. The van der Waals surface area contributed by atoms with Crippen molar-refractivity contribution in [1.82, 2.24) is 5.32 Å². The second-order valence-electron chi connectivity index (χ2n) is 10.5. The zero-order valence-corrected chi connectivity index (χ0v) is 25.9. The van der Waals surface area contributed by atoms with Crippen LogP contribution in [0.3, 0.4) is 0 Å². The summed E-state index contributed by atoms with van der Waals surface area (Å²) in [6, 6.07) is 7.82. The SMILES string of the molecule is CC(C)([SiH3])[Si](C)(C)OC1CCCN(c2ccc(NC[C@@H](O)CNC(=O)c3ccc(Cl)s3)c(F)c2)C1=O. The van der Waals surface area contributed by atoms with Gasteiger partial charge in [0, 0.05) is 35.6 Å². The van der Waals surface area contributed by atoms with E-state index in [0.717, 1.165) is 28.0 Å². The molecule has 0 saturated carbocycles. The van der Waals surface area contributed by atoms with Crippen LogP contribution in [-0.4, -0.2) is 67.3 Å². The number of hydrogen-bond acceptors (Lipinski definition) is 6. The van der Waals surface area contributed by atoms with E-state index < -0.39 is 26.3 Å². The molecule has 198 valence electrons. The molecule has 0 aliphatic carbocycles. The first-order chi connectivity index (χ1) is 16.8. The molecule has 2 atom stereocenters. The van der Waals surface area contributed by atoms with Gasteiger partial charge in [0.1, 0.15) is 11.9 Å². The van der Waals surface area contributed by atoms with Crippen LogP contribution in [0.2, 0.25) is 22.1 Å². The molecule has 3 N–H and O–H groups in total. The van der Waals surface area contributed by atoms with Crippen molar-refractivity contribution in [3.8, 4) is 0 Å². The number of piperidine rings is 1. The molecular formula is C24H35ClFN3O4SSi2. The number of rotatable bonds is 10. The molecule has 2 amide bonds. The van der Waals surface area contributed by atoms with Crippen LogP contribution >= 0.6 is 22.9 Å². The summed E-state index contributed by atoms with van der Waals surface area (Å²) in [5, 5.41) is 15.7. The van der Waals surface area contributed by atoms with Crippen LogP contribution in [0.1, 0.15) is 36.4 Å². The lowest BCUT2D eigenvalue weighted by Crippen LogP contribution is -2.53. The largest absolute Gasteiger partial charge is 0.405 e. The Morgan fingerprint density at radius 2 is 2.08 bits per heavy atom. The smallest absolute Gasteiger partial charge is 0.261 e. The van der Waals surface area contributed by atoms with Gasteiger partial charge in [0.25, 0.3) is 11.8 Å². The van der Waals surface area contributed by atoms with Crippen LogP contribution in [0.15, 0.2) is 30.3 Å². The fraction of sp³-hybridized carbons (Fsp3) is 0.500. The Morgan fingerprint density at radius 1 is 1.36 bits per heavy atom. The summed E-state index contributed by atoms with van der Waals surface area (Å²) < 4.78 is 21.9. The Balaban J connectivity index is 1.56. The number of carbonyl (C=O) groups is 2. The molecule has 7 nitrogen and oxygen atoms in total. The van der Waals surface area contributed by atoms with Crippen LogP contribution in [0, 0.1) is 5.82 Å². The van der Waals surface area contributed by atoms with Crippen molar-refractivity contribution in [3.05, 3.63) is 45.4 Å². The normalized spacial score (nSPS) is 17.8. The Bertz CT molecular complexity index is 1100. The Morgan fingerprint density at radius 3 is 2.69 bits per heavy atom. The molecule has 3 rings (SSSR count). The Kier molecular flexibility index (Phi) is 9.39. The molecule has 1 fully saturated rings. The summed E-state index contributed by atoms with van der Waals surface area (Å²) in [5.41, 5.74) is 0.695. The average Bonchev–Trinajstić information content (AvgIpc) is 3.23. The number of carbonyl (C=O) groups excluding carboxylic acids is 2. The molecule has 2 aromatic rings. The predicted octanol–water partition coefficient (Wildman–Crippen LogP) is 3.56. The van der Waals surface area contributed by atoms with Gasteiger partial charge >= 0.3 is 0 Å². The van der Waals surface area contributed by atoms with E-state index in [1.54, 1.807) is 29.2 Å². The first-order valence-corrected chi connectivity index (χ1v) is 17.1. The van der Waals surface area contributed by atoms with Crippen molar-refractivity contribution in [3.63, 3.8) is 0 Å². The van der Waals surface area contributed by atoms with Gasteiger partial charge in [-0.2, -0.15) is 0 Å². The summed E-state index contributed by atoms with van der Waals surface area (Å²) in [6.45, 7) is 9.26. The zero-order chi connectivity index (χ0) is 26.7. The monoisotopic (exact) mass is 571 g/mol. The predicted molar refractivity (Wildman–Crippen MR) is 150 cm³/mol. The summed E-state index contributed by atoms with van der Waals surface area (Å²) in [5.74, 6) is -0.972. The lowest BCUT2D eigenvalue weighted by molar-refractivity contribution is -0.127. The summed E-state index contributed by atoms with van der Waals surface area (Å²) in [4.78, 5) is 27.3.